The van der Waals surface area contributed by atoms with Crippen LogP contribution < -0.4 is 19.5 Å². The molecular weight excluding hydrogens is 360 g/mol. The Bertz CT molecular complexity index is 872. The van der Waals surface area contributed by atoms with E-state index in [1.165, 1.54) is 5.56 Å². The molecule has 6 heteroatoms. The van der Waals surface area contributed by atoms with Crippen molar-refractivity contribution in [1.82, 2.24) is 10.2 Å². The first kappa shape index (κ1) is 17.9. The van der Waals surface area contributed by atoms with E-state index in [1.54, 1.807) is 14.2 Å². The largest absolute Gasteiger partial charge is 0.493 e. The highest BCUT2D eigenvalue weighted by Gasteiger charge is 2.47. The third-order valence-corrected chi connectivity index (χ3v) is 5.73. The lowest BCUT2D eigenvalue weighted by Gasteiger charge is -2.52. The van der Waals surface area contributed by atoms with E-state index in [4.69, 9.17) is 26.4 Å². The van der Waals surface area contributed by atoms with E-state index in [-0.39, 0.29) is 6.04 Å². The third kappa shape index (κ3) is 3.18. The van der Waals surface area contributed by atoms with Crippen LogP contribution in [0.4, 0.5) is 0 Å². The molecule has 2 bridgehead atoms. The molecule has 5 nitrogen and oxygen atoms in total. The normalized spacial score (nSPS) is 23.1. The summed E-state index contributed by atoms with van der Waals surface area (Å²) in [7, 11) is 3.30. The molecule has 1 fully saturated rings. The summed E-state index contributed by atoms with van der Waals surface area (Å²) >= 11 is 5.68. The Hall–Kier alpha value is -2.47. The fraction of sp³-hybridized carbons (Fsp3) is 0.381. The molecule has 2 heterocycles. The van der Waals surface area contributed by atoms with Crippen LogP contribution in [-0.2, 0) is 6.42 Å². The van der Waals surface area contributed by atoms with Gasteiger partial charge in [0.2, 0.25) is 0 Å². The minimum Gasteiger partial charge on any atom is -0.493 e. The maximum absolute atomic E-state index is 6.40. The number of hydrogen-bond acceptors (Lipinski definition) is 4. The maximum atomic E-state index is 6.40. The highest BCUT2D eigenvalue weighted by Crippen LogP contribution is 2.43. The Labute approximate surface area is 165 Å². The van der Waals surface area contributed by atoms with Crippen molar-refractivity contribution in [2.75, 3.05) is 20.8 Å². The molecule has 2 aliphatic heterocycles. The first-order valence-corrected chi connectivity index (χ1v) is 9.52. The average molecular weight is 385 g/mol. The maximum Gasteiger partial charge on any atom is 0.184 e. The number of hydrogen-bond donors (Lipinski definition) is 1. The predicted molar refractivity (Wildman–Crippen MR) is 109 cm³/mol. The van der Waals surface area contributed by atoms with Crippen LogP contribution in [0.1, 0.15) is 30.5 Å². The van der Waals surface area contributed by atoms with E-state index in [1.807, 2.05) is 30.3 Å². The first-order chi connectivity index (χ1) is 13.0. The van der Waals surface area contributed by atoms with Gasteiger partial charge in [0.05, 0.1) is 20.3 Å². The van der Waals surface area contributed by atoms with Crippen molar-refractivity contribution in [2.45, 2.75) is 31.5 Å². The molecule has 142 valence electrons. The number of rotatable bonds is 5. The van der Waals surface area contributed by atoms with E-state index in [2.05, 4.69) is 29.3 Å². The smallest absolute Gasteiger partial charge is 0.184 e. The van der Waals surface area contributed by atoms with Gasteiger partial charge in [-0.25, -0.2) is 0 Å². The molecule has 2 aromatic rings. The Kier molecular flexibility index (Phi) is 4.60. The molecule has 2 aromatic carbocycles. The van der Waals surface area contributed by atoms with Gasteiger partial charge in [-0.2, -0.15) is 0 Å². The minimum absolute atomic E-state index is 0.199. The number of methoxy groups -OCH3 is 2. The zero-order valence-corrected chi connectivity index (χ0v) is 16.6. The first-order valence-electron chi connectivity index (χ1n) is 9.11. The lowest BCUT2D eigenvalue weighted by Crippen LogP contribution is -2.64. The van der Waals surface area contributed by atoms with Crippen molar-refractivity contribution in [3.8, 4) is 17.2 Å². The van der Waals surface area contributed by atoms with E-state index < -0.39 is 5.72 Å². The van der Waals surface area contributed by atoms with E-state index in [0.717, 1.165) is 47.3 Å². The number of para-hydroxylation sites is 1. The van der Waals surface area contributed by atoms with Crippen LogP contribution in [0.2, 0.25) is 0 Å². The molecule has 0 aliphatic carbocycles. The van der Waals surface area contributed by atoms with Gasteiger partial charge in [0.1, 0.15) is 5.75 Å². The number of nitrogens with zero attached hydrogens (tertiary/aromatic N) is 1. The van der Waals surface area contributed by atoms with Crippen molar-refractivity contribution in [2.24, 2.45) is 0 Å². The molecule has 0 spiro atoms. The molecular formula is C21H24N2O3S. The summed E-state index contributed by atoms with van der Waals surface area (Å²) in [6.45, 7) is 2.88. The second kappa shape index (κ2) is 6.93. The molecule has 2 atom stereocenters. The SMILES string of the molecule is COc1ccc(CCN2C(=S)NC3CC2(C)Oc2ccccc23)cc1OC. The highest BCUT2D eigenvalue weighted by atomic mass is 32.1. The lowest BCUT2D eigenvalue weighted by molar-refractivity contribution is -0.0676. The average Bonchev–Trinajstić information content (AvgIpc) is 2.67. The number of nitrogens with one attached hydrogen (secondary N) is 1. The fourth-order valence-corrected chi connectivity index (χ4v) is 4.41. The molecule has 4 rings (SSSR count). The summed E-state index contributed by atoms with van der Waals surface area (Å²) in [4.78, 5) is 2.16. The van der Waals surface area contributed by atoms with Gasteiger partial charge in [-0.05, 0) is 49.3 Å². The Morgan fingerprint density at radius 3 is 2.74 bits per heavy atom. The van der Waals surface area contributed by atoms with Gasteiger partial charge in [0.15, 0.2) is 22.3 Å². The number of thiocarbonyl (C=S) groups is 1. The Morgan fingerprint density at radius 2 is 1.96 bits per heavy atom. The van der Waals surface area contributed by atoms with Crippen molar-refractivity contribution < 1.29 is 14.2 Å². The molecule has 0 radical (unpaired) electrons. The molecule has 0 amide bonds. The van der Waals surface area contributed by atoms with Crippen molar-refractivity contribution in [3.63, 3.8) is 0 Å². The Balaban J connectivity index is 1.54. The van der Waals surface area contributed by atoms with Gasteiger partial charge < -0.3 is 24.4 Å². The van der Waals surface area contributed by atoms with Crippen LogP contribution in [0.3, 0.4) is 0 Å². The minimum atomic E-state index is -0.447. The molecule has 1 N–H and O–H groups in total. The molecule has 27 heavy (non-hydrogen) atoms. The summed E-state index contributed by atoms with van der Waals surface area (Å²) < 4.78 is 17.1. The van der Waals surface area contributed by atoms with E-state index in [0.29, 0.717) is 0 Å². The molecule has 0 saturated carbocycles. The lowest BCUT2D eigenvalue weighted by atomic mass is 9.90. The third-order valence-electron chi connectivity index (χ3n) is 5.39. The van der Waals surface area contributed by atoms with E-state index >= 15 is 0 Å². The van der Waals surface area contributed by atoms with Gasteiger partial charge >= 0.3 is 0 Å². The molecule has 2 aliphatic rings. The second-order valence-corrected chi connectivity index (χ2v) is 7.50. The second-order valence-electron chi connectivity index (χ2n) is 7.11. The topological polar surface area (TPSA) is 43.0 Å². The van der Waals surface area contributed by atoms with Crippen LogP contribution >= 0.6 is 12.2 Å². The van der Waals surface area contributed by atoms with Gasteiger partial charge in [-0.3, -0.25) is 0 Å². The van der Waals surface area contributed by atoms with Crippen LogP contribution in [0.25, 0.3) is 0 Å². The summed E-state index contributed by atoms with van der Waals surface area (Å²) in [6, 6.07) is 14.4. The van der Waals surface area contributed by atoms with Gasteiger partial charge in [0, 0.05) is 18.5 Å². The van der Waals surface area contributed by atoms with Crippen molar-refractivity contribution in [3.05, 3.63) is 53.6 Å². The van der Waals surface area contributed by atoms with Gasteiger partial charge in [0.25, 0.3) is 0 Å². The highest BCUT2D eigenvalue weighted by molar-refractivity contribution is 7.80. The zero-order valence-electron chi connectivity index (χ0n) is 15.8. The van der Waals surface area contributed by atoms with Crippen LogP contribution in [-0.4, -0.2) is 36.5 Å². The van der Waals surface area contributed by atoms with Crippen molar-refractivity contribution in [1.29, 1.82) is 0 Å². The molecule has 2 unspecified atom stereocenters. The molecule has 0 aromatic heterocycles. The van der Waals surface area contributed by atoms with Crippen molar-refractivity contribution >= 4 is 17.3 Å². The fourth-order valence-electron chi connectivity index (χ4n) is 3.98. The number of benzene rings is 2. The Morgan fingerprint density at radius 1 is 1.19 bits per heavy atom. The summed E-state index contributed by atoms with van der Waals surface area (Å²) in [6.07, 6.45) is 1.68. The van der Waals surface area contributed by atoms with E-state index in [9.17, 15) is 0 Å². The standard InChI is InChI=1S/C21H24N2O3S/c1-21-13-16(15-6-4-5-7-17(15)26-21)22-20(27)23(21)11-10-14-8-9-18(24-2)19(12-14)25-3/h4-9,12,16H,10-11,13H2,1-3H3,(H,22,27). The van der Waals surface area contributed by atoms with Crippen LogP contribution in [0, 0.1) is 0 Å². The molecule has 1 saturated heterocycles. The van der Waals surface area contributed by atoms with Gasteiger partial charge in [-0.1, -0.05) is 24.3 Å². The van der Waals surface area contributed by atoms with Gasteiger partial charge in [-0.15, -0.1) is 0 Å². The summed E-state index contributed by atoms with van der Waals surface area (Å²) in [5.41, 5.74) is 1.90. The number of ether oxygens (including phenoxy) is 3. The van der Waals surface area contributed by atoms with Crippen LogP contribution in [0.5, 0.6) is 17.2 Å². The zero-order chi connectivity index (χ0) is 19.0. The predicted octanol–water partition coefficient (Wildman–Crippen LogP) is 3.68. The van der Waals surface area contributed by atoms with Crippen LogP contribution in [0.15, 0.2) is 42.5 Å². The summed E-state index contributed by atoms with van der Waals surface area (Å²) in [5, 5.41) is 4.23. The monoisotopic (exact) mass is 384 g/mol. The number of fused-ring (bicyclic) bond motifs is 4. The quantitative estimate of drug-likeness (QED) is 0.794. The summed E-state index contributed by atoms with van der Waals surface area (Å²) in [5.74, 6) is 2.41.